The van der Waals surface area contributed by atoms with E-state index in [0.29, 0.717) is 0 Å². The Morgan fingerprint density at radius 2 is 1.52 bits per heavy atom. The molecule has 0 radical (unpaired) electrons. The molecule has 0 unspecified atom stereocenters. The fourth-order valence-corrected chi connectivity index (χ4v) is 4.24. The second kappa shape index (κ2) is 9.49. The Bertz CT molecular complexity index is 1070. The third-order valence-electron chi connectivity index (χ3n) is 4.77. The minimum absolute atomic E-state index is 0.143. The molecular weight excluding hydrogens is 429 g/mol. The van der Waals surface area contributed by atoms with Crippen molar-refractivity contribution in [2.75, 3.05) is 26.2 Å². The normalized spacial score (nSPS) is 16.3. The van der Waals surface area contributed by atoms with Gasteiger partial charge in [-0.1, -0.05) is 42.5 Å². The van der Waals surface area contributed by atoms with Gasteiger partial charge in [0.05, 0.1) is 5.56 Å². The standard InChI is InChI=1S/C22H21F3N2O3S/c23-22(24,25)20-8-4-7-19(17-20)9-10-21(28)26-12-14-27(15-13-26)31(29,30)16-11-18-5-2-1-3-6-18/h1-11,16-17H,12-15H2/b10-9+,16-11+. The van der Waals surface area contributed by atoms with Crippen molar-refractivity contribution in [1.29, 1.82) is 0 Å². The number of nitrogens with zero attached hydrogens (tertiary/aromatic N) is 2. The largest absolute Gasteiger partial charge is 0.416 e. The number of carbonyl (C=O) groups is 1. The molecule has 1 saturated heterocycles. The highest BCUT2D eigenvalue weighted by Crippen LogP contribution is 2.29. The van der Waals surface area contributed by atoms with E-state index in [1.807, 2.05) is 18.2 Å². The lowest BCUT2D eigenvalue weighted by molar-refractivity contribution is -0.137. The van der Waals surface area contributed by atoms with E-state index in [-0.39, 0.29) is 37.6 Å². The van der Waals surface area contributed by atoms with Gasteiger partial charge in [-0.25, -0.2) is 8.42 Å². The molecule has 0 spiro atoms. The van der Waals surface area contributed by atoms with Gasteiger partial charge in [0.15, 0.2) is 0 Å². The van der Waals surface area contributed by atoms with Crippen molar-refractivity contribution in [2.24, 2.45) is 0 Å². The Kier molecular flexibility index (Phi) is 6.97. The first kappa shape index (κ1) is 22.8. The van der Waals surface area contributed by atoms with Crippen LogP contribution in [0.2, 0.25) is 0 Å². The molecule has 0 atom stereocenters. The molecule has 1 heterocycles. The molecule has 1 aliphatic rings. The van der Waals surface area contributed by atoms with E-state index in [1.165, 1.54) is 39.6 Å². The number of sulfonamides is 1. The van der Waals surface area contributed by atoms with Crippen LogP contribution in [0.1, 0.15) is 16.7 Å². The summed E-state index contributed by atoms with van der Waals surface area (Å²) in [6, 6.07) is 13.7. The number of hydrogen-bond donors (Lipinski definition) is 0. The maximum absolute atomic E-state index is 12.8. The van der Waals surface area contributed by atoms with Gasteiger partial charge >= 0.3 is 6.18 Å². The maximum Gasteiger partial charge on any atom is 0.416 e. The number of amides is 1. The first-order chi connectivity index (χ1) is 14.6. The van der Waals surface area contributed by atoms with Gasteiger partial charge in [-0.2, -0.15) is 17.5 Å². The van der Waals surface area contributed by atoms with E-state index in [2.05, 4.69) is 0 Å². The first-order valence-electron chi connectivity index (χ1n) is 9.53. The van der Waals surface area contributed by atoms with Crippen LogP contribution >= 0.6 is 0 Å². The third kappa shape index (κ3) is 6.28. The Balaban J connectivity index is 1.57. The van der Waals surface area contributed by atoms with Gasteiger partial charge in [0, 0.05) is 37.7 Å². The number of piperazine rings is 1. The molecular formula is C22H21F3N2O3S. The van der Waals surface area contributed by atoms with Crippen LogP contribution in [0.3, 0.4) is 0 Å². The number of rotatable bonds is 5. The molecule has 31 heavy (non-hydrogen) atoms. The van der Waals surface area contributed by atoms with Crippen LogP contribution in [0.4, 0.5) is 13.2 Å². The lowest BCUT2D eigenvalue weighted by atomic mass is 10.1. The average molecular weight is 450 g/mol. The zero-order chi connectivity index (χ0) is 22.5. The van der Waals surface area contributed by atoms with Gasteiger partial charge in [0.2, 0.25) is 15.9 Å². The van der Waals surface area contributed by atoms with Crippen molar-refractivity contribution in [3.05, 3.63) is 82.8 Å². The molecule has 164 valence electrons. The van der Waals surface area contributed by atoms with Crippen LogP contribution in [0.15, 0.2) is 66.1 Å². The van der Waals surface area contributed by atoms with Gasteiger partial charge in [-0.05, 0) is 35.4 Å². The number of benzene rings is 2. The van der Waals surface area contributed by atoms with E-state index < -0.39 is 21.8 Å². The van der Waals surface area contributed by atoms with E-state index in [9.17, 15) is 26.4 Å². The predicted octanol–water partition coefficient (Wildman–Crippen LogP) is 3.86. The minimum atomic E-state index is -4.45. The molecule has 0 bridgehead atoms. The predicted molar refractivity (Wildman–Crippen MR) is 113 cm³/mol. The molecule has 0 saturated carbocycles. The van der Waals surface area contributed by atoms with Gasteiger partial charge in [-0.15, -0.1) is 0 Å². The molecule has 0 N–H and O–H groups in total. The molecule has 3 rings (SSSR count). The molecule has 1 aliphatic heterocycles. The van der Waals surface area contributed by atoms with Crippen molar-refractivity contribution in [2.45, 2.75) is 6.18 Å². The molecule has 2 aromatic carbocycles. The van der Waals surface area contributed by atoms with Crippen LogP contribution in [0, 0.1) is 0 Å². The summed E-state index contributed by atoms with van der Waals surface area (Å²) in [6.07, 6.45) is -0.409. The van der Waals surface area contributed by atoms with Crippen molar-refractivity contribution in [3.8, 4) is 0 Å². The number of halogens is 3. The number of hydrogen-bond acceptors (Lipinski definition) is 3. The van der Waals surface area contributed by atoms with Crippen LogP contribution in [0.25, 0.3) is 12.2 Å². The summed E-state index contributed by atoms with van der Waals surface area (Å²) in [6.45, 7) is 0.684. The summed E-state index contributed by atoms with van der Waals surface area (Å²) in [5.74, 6) is -0.380. The van der Waals surface area contributed by atoms with Crippen LogP contribution in [0.5, 0.6) is 0 Å². The van der Waals surface area contributed by atoms with Crippen LogP contribution < -0.4 is 0 Å². The summed E-state index contributed by atoms with van der Waals surface area (Å²) in [5.41, 5.74) is 0.236. The maximum atomic E-state index is 12.8. The van der Waals surface area contributed by atoms with E-state index >= 15 is 0 Å². The van der Waals surface area contributed by atoms with Gasteiger partial charge in [0.25, 0.3) is 0 Å². The molecule has 0 aliphatic carbocycles. The van der Waals surface area contributed by atoms with Gasteiger partial charge < -0.3 is 4.90 Å². The molecule has 1 amide bonds. The highest BCUT2D eigenvalue weighted by molar-refractivity contribution is 7.92. The summed E-state index contributed by atoms with van der Waals surface area (Å²) in [7, 11) is -3.61. The SMILES string of the molecule is O=C(/C=C/c1cccc(C(F)(F)F)c1)N1CCN(S(=O)(=O)/C=C/c2ccccc2)CC1. The topological polar surface area (TPSA) is 57.7 Å². The first-order valence-corrected chi connectivity index (χ1v) is 11.0. The summed E-state index contributed by atoms with van der Waals surface area (Å²) < 4.78 is 64.6. The summed E-state index contributed by atoms with van der Waals surface area (Å²) >= 11 is 0. The zero-order valence-electron chi connectivity index (χ0n) is 16.5. The highest BCUT2D eigenvalue weighted by atomic mass is 32.2. The Hall–Kier alpha value is -2.91. The van der Waals surface area contributed by atoms with Gasteiger partial charge in [-0.3, -0.25) is 4.79 Å². The quantitative estimate of drug-likeness (QED) is 0.650. The third-order valence-corrected chi connectivity index (χ3v) is 6.34. The van der Waals surface area contributed by atoms with Crippen LogP contribution in [-0.4, -0.2) is 49.7 Å². The number of carbonyl (C=O) groups excluding carboxylic acids is 1. The van der Waals surface area contributed by atoms with E-state index in [4.69, 9.17) is 0 Å². The van der Waals surface area contributed by atoms with Crippen molar-refractivity contribution in [1.82, 2.24) is 9.21 Å². The smallest absolute Gasteiger partial charge is 0.337 e. The molecule has 0 aromatic heterocycles. The highest BCUT2D eigenvalue weighted by Gasteiger charge is 2.30. The zero-order valence-corrected chi connectivity index (χ0v) is 17.3. The second-order valence-electron chi connectivity index (χ2n) is 6.94. The summed E-state index contributed by atoms with van der Waals surface area (Å²) in [5, 5.41) is 1.15. The van der Waals surface area contributed by atoms with Crippen LogP contribution in [-0.2, 0) is 21.0 Å². The fourth-order valence-electron chi connectivity index (χ4n) is 3.07. The minimum Gasteiger partial charge on any atom is -0.337 e. The lowest BCUT2D eigenvalue weighted by Gasteiger charge is -2.32. The summed E-state index contributed by atoms with van der Waals surface area (Å²) in [4.78, 5) is 13.8. The van der Waals surface area contributed by atoms with Crippen molar-refractivity contribution in [3.63, 3.8) is 0 Å². The average Bonchev–Trinajstić information content (AvgIpc) is 2.76. The monoisotopic (exact) mass is 450 g/mol. The molecule has 1 fully saturated rings. The Labute approximate surface area is 179 Å². The Morgan fingerprint density at radius 3 is 2.16 bits per heavy atom. The lowest BCUT2D eigenvalue weighted by Crippen LogP contribution is -2.49. The van der Waals surface area contributed by atoms with Crippen molar-refractivity contribution >= 4 is 28.1 Å². The van der Waals surface area contributed by atoms with Gasteiger partial charge in [0.1, 0.15) is 0 Å². The fraction of sp³-hybridized carbons (Fsp3) is 0.227. The number of alkyl halides is 3. The molecule has 2 aromatic rings. The van der Waals surface area contributed by atoms with Crippen molar-refractivity contribution < 1.29 is 26.4 Å². The molecule has 9 heteroatoms. The van der Waals surface area contributed by atoms with E-state index in [0.717, 1.165) is 23.1 Å². The second-order valence-corrected chi connectivity index (χ2v) is 8.76. The molecule has 5 nitrogen and oxygen atoms in total. The Morgan fingerprint density at radius 1 is 0.871 bits per heavy atom. The van der Waals surface area contributed by atoms with E-state index in [1.54, 1.807) is 12.1 Å².